The lowest BCUT2D eigenvalue weighted by Crippen LogP contribution is -2.20. The van der Waals surface area contributed by atoms with Crippen molar-refractivity contribution in [3.05, 3.63) is 65.0 Å². The van der Waals surface area contributed by atoms with Gasteiger partial charge in [-0.2, -0.15) is 0 Å². The molecule has 2 aromatic rings. The average molecular weight is 287 g/mol. The van der Waals surface area contributed by atoms with Crippen molar-refractivity contribution in [1.29, 1.82) is 0 Å². The van der Waals surface area contributed by atoms with Crippen LogP contribution in [-0.2, 0) is 12.8 Å². The largest absolute Gasteiger partial charge is 0.497 e. The Labute approximate surface area is 126 Å². The fourth-order valence-corrected chi connectivity index (χ4v) is 2.43. The van der Waals surface area contributed by atoms with E-state index in [0.29, 0.717) is 11.3 Å². The van der Waals surface area contributed by atoms with Crippen molar-refractivity contribution in [2.45, 2.75) is 25.8 Å². The smallest absolute Gasteiger partial charge is 0.131 e. The van der Waals surface area contributed by atoms with Crippen LogP contribution in [0.2, 0.25) is 0 Å². The second-order valence-electron chi connectivity index (χ2n) is 5.10. The third kappa shape index (κ3) is 3.82. The first kappa shape index (κ1) is 15.5. The van der Waals surface area contributed by atoms with Crippen LogP contribution in [0, 0.1) is 5.82 Å². The number of likely N-dealkylation sites (N-methyl/N-ethyl adjacent to an activating group) is 1. The van der Waals surface area contributed by atoms with Crippen LogP contribution >= 0.6 is 0 Å². The molecule has 1 N–H and O–H groups in total. The summed E-state index contributed by atoms with van der Waals surface area (Å²) < 4.78 is 19.2. The number of hydrogen-bond acceptors (Lipinski definition) is 2. The van der Waals surface area contributed by atoms with Crippen LogP contribution in [0.4, 0.5) is 4.39 Å². The molecule has 2 aromatic carbocycles. The molecule has 0 aliphatic heterocycles. The van der Waals surface area contributed by atoms with E-state index in [2.05, 4.69) is 36.5 Å². The zero-order chi connectivity index (χ0) is 15.2. The minimum absolute atomic E-state index is 0.0524. The van der Waals surface area contributed by atoms with Gasteiger partial charge in [-0.05, 0) is 37.1 Å². The van der Waals surface area contributed by atoms with Gasteiger partial charge in [0, 0.05) is 17.7 Å². The van der Waals surface area contributed by atoms with Gasteiger partial charge in [-0.25, -0.2) is 4.39 Å². The molecule has 0 radical (unpaired) electrons. The van der Waals surface area contributed by atoms with Crippen molar-refractivity contribution < 1.29 is 9.13 Å². The van der Waals surface area contributed by atoms with Gasteiger partial charge in [-0.1, -0.05) is 37.3 Å². The molecule has 0 aliphatic rings. The lowest BCUT2D eigenvalue weighted by Gasteiger charge is -2.18. The predicted octanol–water partition coefficient (Wildman–Crippen LogP) is 3.90. The molecule has 2 rings (SSSR count). The van der Waals surface area contributed by atoms with E-state index >= 15 is 0 Å². The Morgan fingerprint density at radius 3 is 2.29 bits per heavy atom. The Hall–Kier alpha value is -1.87. The van der Waals surface area contributed by atoms with Crippen LogP contribution in [0.3, 0.4) is 0 Å². The molecule has 1 unspecified atom stereocenters. The maximum absolute atomic E-state index is 14.2. The van der Waals surface area contributed by atoms with Crippen molar-refractivity contribution >= 4 is 0 Å². The highest BCUT2D eigenvalue weighted by atomic mass is 19.1. The van der Waals surface area contributed by atoms with Gasteiger partial charge in [-0.15, -0.1) is 0 Å². The molecule has 1 atom stereocenters. The highest BCUT2D eigenvalue weighted by molar-refractivity contribution is 5.32. The van der Waals surface area contributed by atoms with E-state index in [9.17, 15) is 4.39 Å². The van der Waals surface area contributed by atoms with E-state index in [0.717, 1.165) is 12.8 Å². The van der Waals surface area contributed by atoms with Crippen LogP contribution in [0.25, 0.3) is 0 Å². The lowest BCUT2D eigenvalue weighted by atomic mass is 9.97. The van der Waals surface area contributed by atoms with E-state index in [1.54, 1.807) is 19.2 Å². The molecule has 0 saturated heterocycles. The van der Waals surface area contributed by atoms with Gasteiger partial charge in [0.25, 0.3) is 0 Å². The molecule has 0 aliphatic carbocycles. The molecule has 0 spiro atoms. The van der Waals surface area contributed by atoms with Crippen LogP contribution in [0.1, 0.15) is 29.7 Å². The standard InChI is InChI=1S/C18H22FNO/c1-4-13-5-7-14(8-6-13)11-18(20-2)16-10-9-15(21-3)12-17(16)19/h5-10,12,18,20H,4,11H2,1-3H3. The summed E-state index contributed by atoms with van der Waals surface area (Å²) in [6.45, 7) is 2.14. The second-order valence-corrected chi connectivity index (χ2v) is 5.10. The molecule has 0 bridgehead atoms. The Bertz CT molecular complexity index is 580. The number of nitrogens with one attached hydrogen (secondary N) is 1. The minimum atomic E-state index is -0.237. The topological polar surface area (TPSA) is 21.3 Å². The van der Waals surface area contributed by atoms with Gasteiger partial charge in [0.15, 0.2) is 0 Å². The number of ether oxygens (including phenoxy) is 1. The zero-order valence-electron chi connectivity index (χ0n) is 12.8. The number of hydrogen-bond donors (Lipinski definition) is 1. The number of rotatable bonds is 6. The monoisotopic (exact) mass is 287 g/mol. The fourth-order valence-electron chi connectivity index (χ4n) is 2.43. The maximum atomic E-state index is 14.2. The summed E-state index contributed by atoms with van der Waals surface area (Å²) >= 11 is 0. The van der Waals surface area contributed by atoms with E-state index in [1.165, 1.54) is 17.2 Å². The SMILES string of the molecule is CCc1ccc(CC(NC)c2ccc(OC)cc2F)cc1. The molecule has 112 valence electrons. The summed E-state index contributed by atoms with van der Waals surface area (Å²) in [5, 5.41) is 3.19. The highest BCUT2D eigenvalue weighted by Crippen LogP contribution is 2.24. The highest BCUT2D eigenvalue weighted by Gasteiger charge is 2.15. The van der Waals surface area contributed by atoms with Crippen molar-refractivity contribution in [1.82, 2.24) is 5.32 Å². The summed E-state index contributed by atoms with van der Waals surface area (Å²) in [7, 11) is 3.40. The van der Waals surface area contributed by atoms with Gasteiger partial charge in [0.2, 0.25) is 0 Å². The number of benzene rings is 2. The van der Waals surface area contributed by atoms with Crippen molar-refractivity contribution in [2.75, 3.05) is 14.2 Å². The lowest BCUT2D eigenvalue weighted by molar-refractivity contribution is 0.409. The zero-order valence-corrected chi connectivity index (χ0v) is 12.8. The summed E-state index contributed by atoms with van der Waals surface area (Å²) in [5.74, 6) is 0.303. The van der Waals surface area contributed by atoms with Gasteiger partial charge in [-0.3, -0.25) is 0 Å². The first-order valence-corrected chi connectivity index (χ1v) is 7.26. The number of aryl methyl sites for hydroxylation is 1. The summed E-state index contributed by atoms with van der Waals surface area (Å²) in [5.41, 5.74) is 3.18. The van der Waals surface area contributed by atoms with Crippen molar-refractivity contribution in [3.8, 4) is 5.75 Å². The quantitative estimate of drug-likeness (QED) is 0.870. The molecule has 0 amide bonds. The van der Waals surface area contributed by atoms with E-state index < -0.39 is 0 Å². The van der Waals surface area contributed by atoms with Crippen LogP contribution < -0.4 is 10.1 Å². The third-order valence-corrected chi connectivity index (χ3v) is 3.80. The van der Waals surface area contributed by atoms with E-state index in [1.807, 2.05) is 7.05 Å². The minimum Gasteiger partial charge on any atom is -0.497 e. The maximum Gasteiger partial charge on any atom is 0.131 e. The summed E-state index contributed by atoms with van der Waals surface area (Å²) in [6, 6.07) is 13.5. The van der Waals surface area contributed by atoms with E-state index in [4.69, 9.17) is 4.74 Å². The third-order valence-electron chi connectivity index (χ3n) is 3.80. The van der Waals surface area contributed by atoms with Crippen LogP contribution in [0.15, 0.2) is 42.5 Å². The number of methoxy groups -OCH3 is 1. The van der Waals surface area contributed by atoms with Crippen LogP contribution in [0.5, 0.6) is 5.75 Å². The molecule has 0 fully saturated rings. The number of halogens is 1. The molecule has 2 nitrogen and oxygen atoms in total. The normalized spacial score (nSPS) is 12.2. The Kier molecular flexibility index (Phi) is 5.34. The molecular weight excluding hydrogens is 265 g/mol. The Morgan fingerprint density at radius 1 is 1.10 bits per heavy atom. The summed E-state index contributed by atoms with van der Waals surface area (Å²) in [6.07, 6.45) is 1.78. The molecular formula is C18H22FNO. The average Bonchev–Trinajstić information content (AvgIpc) is 2.53. The fraction of sp³-hybridized carbons (Fsp3) is 0.333. The first-order valence-electron chi connectivity index (χ1n) is 7.26. The molecule has 0 heterocycles. The Balaban J connectivity index is 2.18. The van der Waals surface area contributed by atoms with Gasteiger partial charge in [0.05, 0.1) is 7.11 Å². The molecule has 21 heavy (non-hydrogen) atoms. The first-order chi connectivity index (χ1) is 10.2. The summed E-state index contributed by atoms with van der Waals surface area (Å²) in [4.78, 5) is 0. The molecule has 0 aromatic heterocycles. The second kappa shape index (κ2) is 7.23. The van der Waals surface area contributed by atoms with Crippen LogP contribution in [-0.4, -0.2) is 14.2 Å². The van der Waals surface area contributed by atoms with Gasteiger partial charge in [0.1, 0.15) is 11.6 Å². The van der Waals surface area contributed by atoms with Gasteiger partial charge >= 0.3 is 0 Å². The predicted molar refractivity (Wildman–Crippen MR) is 84.3 cm³/mol. The van der Waals surface area contributed by atoms with Crippen molar-refractivity contribution in [3.63, 3.8) is 0 Å². The Morgan fingerprint density at radius 2 is 1.76 bits per heavy atom. The van der Waals surface area contributed by atoms with Gasteiger partial charge < -0.3 is 10.1 Å². The van der Waals surface area contributed by atoms with Crippen molar-refractivity contribution in [2.24, 2.45) is 0 Å². The van der Waals surface area contributed by atoms with E-state index in [-0.39, 0.29) is 11.9 Å². The molecule has 3 heteroatoms. The molecule has 0 saturated carbocycles.